The normalized spacial score (nSPS) is 23.7. The number of carboxylic acid groups (broad SMARTS) is 1. The van der Waals surface area contributed by atoms with Gasteiger partial charge >= 0.3 is 5.97 Å². The molecule has 0 radical (unpaired) electrons. The summed E-state index contributed by atoms with van der Waals surface area (Å²) in [6, 6.07) is 8.98. The molecule has 1 amide bonds. The van der Waals surface area contributed by atoms with Crippen molar-refractivity contribution < 1.29 is 18.9 Å². The molecule has 2 rings (SSSR count). The highest BCUT2D eigenvalue weighted by Gasteiger charge is 2.41. The predicted molar refractivity (Wildman–Crippen MR) is 80.1 cm³/mol. The monoisotopic (exact) mass is 309 g/mol. The third-order valence-corrected chi connectivity index (χ3v) is 4.65. The quantitative estimate of drug-likeness (QED) is 0.830. The topological polar surface area (TPSA) is 83.5 Å². The van der Waals surface area contributed by atoms with Gasteiger partial charge in [0.05, 0.1) is 17.9 Å². The summed E-state index contributed by atoms with van der Waals surface area (Å²) >= 11 is 0. The molecule has 1 fully saturated rings. The molecule has 1 saturated carbocycles. The first-order valence-corrected chi connectivity index (χ1v) is 8.60. The number of aliphatic carboxylic acids is 1. The Kier molecular flexibility index (Phi) is 5.12. The van der Waals surface area contributed by atoms with Crippen molar-refractivity contribution in [1.29, 1.82) is 0 Å². The lowest BCUT2D eigenvalue weighted by Crippen LogP contribution is -2.45. The fourth-order valence-corrected chi connectivity index (χ4v) is 3.27. The van der Waals surface area contributed by atoms with Gasteiger partial charge in [0.25, 0.3) is 0 Å². The van der Waals surface area contributed by atoms with Crippen LogP contribution in [-0.2, 0) is 20.4 Å². The van der Waals surface area contributed by atoms with Crippen LogP contribution in [0.1, 0.15) is 24.4 Å². The molecule has 2 N–H and O–H groups in total. The molecule has 0 bridgehead atoms. The molecule has 21 heavy (non-hydrogen) atoms. The molecule has 6 heteroatoms. The van der Waals surface area contributed by atoms with E-state index in [1.807, 2.05) is 30.3 Å². The summed E-state index contributed by atoms with van der Waals surface area (Å²) in [5, 5.41) is 11.9. The van der Waals surface area contributed by atoms with E-state index in [-0.39, 0.29) is 11.9 Å². The Morgan fingerprint density at radius 3 is 2.38 bits per heavy atom. The number of carbonyl (C=O) groups excluding carboxylic acids is 1. The van der Waals surface area contributed by atoms with Gasteiger partial charge in [0, 0.05) is 22.8 Å². The van der Waals surface area contributed by atoms with Crippen molar-refractivity contribution >= 4 is 22.7 Å². The number of carbonyl (C=O) groups is 2. The first-order valence-electron chi connectivity index (χ1n) is 6.87. The number of benzene rings is 1. The molecule has 4 atom stereocenters. The minimum Gasteiger partial charge on any atom is -0.481 e. The van der Waals surface area contributed by atoms with Crippen molar-refractivity contribution in [2.75, 3.05) is 12.0 Å². The second-order valence-corrected chi connectivity index (χ2v) is 6.82. The third kappa shape index (κ3) is 3.91. The van der Waals surface area contributed by atoms with Crippen molar-refractivity contribution in [1.82, 2.24) is 5.32 Å². The van der Waals surface area contributed by atoms with Gasteiger partial charge in [0.15, 0.2) is 0 Å². The summed E-state index contributed by atoms with van der Waals surface area (Å²) in [7, 11) is -1.06. The van der Waals surface area contributed by atoms with Crippen LogP contribution in [0, 0.1) is 11.8 Å². The highest BCUT2D eigenvalue weighted by atomic mass is 32.2. The molecule has 1 aliphatic rings. The van der Waals surface area contributed by atoms with Crippen molar-refractivity contribution in [3.63, 3.8) is 0 Å². The van der Waals surface area contributed by atoms with Crippen molar-refractivity contribution in [3.8, 4) is 0 Å². The molecule has 4 unspecified atom stereocenters. The molecule has 0 aliphatic heterocycles. The summed E-state index contributed by atoms with van der Waals surface area (Å²) < 4.78 is 11.5. The molecule has 5 nitrogen and oxygen atoms in total. The van der Waals surface area contributed by atoms with Gasteiger partial charge in [0.2, 0.25) is 5.91 Å². The van der Waals surface area contributed by atoms with E-state index in [0.717, 1.165) is 5.56 Å². The summed E-state index contributed by atoms with van der Waals surface area (Å²) in [5.41, 5.74) is 0.882. The Morgan fingerprint density at radius 2 is 1.90 bits per heavy atom. The number of hydrogen-bond acceptors (Lipinski definition) is 3. The molecule has 1 aliphatic carbocycles. The molecular formula is C15H19NO4S. The zero-order valence-corrected chi connectivity index (χ0v) is 12.6. The average molecular weight is 309 g/mol. The molecule has 0 heterocycles. The van der Waals surface area contributed by atoms with Crippen molar-refractivity contribution in [2.24, 2.45) is 11.8 Å². The highest BCUT2D eigenvalue weighted by molar-refractivity contribution is 7.84. The van der Waals surface area contributed by atoms with Crippen LogP contribution in [0.3, 0.4) is 0 Å². The van der Waals surface area contributed by atoms with E-state index < -0.39 is 28.6 Å². The fraction of sp³-hybridized carbons (Fsp3) is 0.467. The second-order valence-electron chi connectivity index (χ2n) is 5.34. The maximum atomic E-state index is 12.2. The van der Waals surface area contributed by atoms with Gasteiger partial charge in [-0.3, -0.25) is 13.8 Å². The molecule has 0 saturated heterocycles. The SMILES string of the molecule is CS(=O)CC(NC(=O)C1CCC1C(=O)O)c1ccccc1. The van der Waals surface area contributed by atoms with Gasteiger partial charge in [-0.15, -0.1) is 0 Å². The maximum absolute atomic E-state index is 12.2. The summed E-state index contributed by atoms with van der Waals surface area (Å²) in [5.74, 6) is -1.92. The Labute approximate surface area is 126 Å². The number of nitrogens with one attached hydrogen (secondary N) is 1. The van der Waals surface area contributed by atoms with E-state index in [0.29, 0.717) is 18.6 Å². The molecule has 0 aromatic heterocycles. The lowest BCUT2D eigenvalue weighted by molar-refractivity contribution is -0.152. The van der Waals surface area contributed by atoms with E-state index in [9.17, 15) is 13.8 Å². The van der Waals surface area contributed by atoms with Crippen LogP contribution in [0.2, 0.25) is 0 Å². The summed E-state index contributed by atoms with van der Waals surface area (Å²) in [6.45, 7) is 0. The van der Waals surface area contributed by atoms with Crippen LogP contribution in [0.4, 0.5) is 0 Å². The highest BCUT2D eigenvalue weighted by Crippen LogP contribution is 2.35. The minimum atomic E-state index is -1.06. The summed E-state index contributed by atoms with van der Waals surface area (Å²) in [4.78, 5) is 23.2. The van der Waals surface area contributed by atoms with Gasteiger partial charge in [-0.2, -0.15) is 0 Å². The van der Waals surface area contributed by atoms with Crippen LogP contribution in [-0.4, -0.2) is 33.2 Å². The van der Waals surface area contributed by atoms with E-state index in [4.69, 9.17) is 5.11 Å². The molecule has 1 aromatic carbocycles. The average Bonchev–Trinajstić information content (AvgIpc) is 2.36. The van der Waals surface area contributed by atoms with Gasteiger partial charge in [-0.05, 0) is 18.4 Å². The molecule has 114 valence electrons. The Bertz CT molecular complexity index is 546. The number of hydrogen-bond donors (Lipinski definition) is 2. The first-order chi connectivity index (χ1) is 9.99. The summed E-state index contributed by atoms with van der Waals surface area (Å²) in [6.07, 6.45) is 2.73. The third-order valence-electron chi connectivity index (χ3n) is 3.85. The standard InChI is InChI=1S/C15H19NO4S/c1-21(20)9-13(10-5-3-2-4-6-10)16-14(17)11-7-8-12(11)15(18)19/h2-6,11-13H,7-9H2,1H3,(H,16,17)(H,18,19). The van der Waals surface area contributed by atoms with Crippen molar-refractivity contribution in [3.05, 3.63) is 35.9 Å². The second kappa shape index (κ2) is 6.85. The lowest BCUT2D eigenvalue weighted by Gasteiger charge is -2.33. The molecule has 1 aromatic rings. The maximum Gasteiger partial charge on any atom is 0.307 e. The number of amides is 1. The number of carboxylic acids is 1. The van der Waals surface area contributed by atoms with Crippen LogP contribution in [0.15, 0.2) is 30.3 Å². The van der Waals surface area contributed by atoms with Crippen molar-refractivity contribution in [2.45, 2.75) is 18.9 Å². The van der Waals surface area contributed by atoms with E-state index >= 15 is 0 Å². The largest absolute Gasteiger partial charge is 0.481 e. The van der Waals surface area contributed by atoms with Gasteiger partial charge in [-0.1, -0.05) is 30.3 Å². The Hall–Kier alpha value is -1.69. The lowest BCUT2D eigenvalue weighted by atomic mass is 9.73. The predicted octanol–water partition coefficient (Wildman–Crippen LogP) is 1.33. The van der Waals surface area contributed by atoms with Crippen LogP contribution >= 0.6 is 0 Å². The Morgan fingerprint density at radius 1 is 1.29 bits per heavy atom. The zero-order chi connectivity index (χ0) is 15.4. The number of rotatable bonds is 6. The van der Waals surface area contributed by atoms with Crippen LogP contribution in [0.5, 0.6) is 0 Å². The smallest absolute Gasteiger partial charge is 0.307 e. The Balaban J connectivity index is 2.07. The van der Waals surface area contributed by atoms with Gasteiger partial charge < -0.3 is 10.4 Å². The molecule has 0 spiro atoms. The molecular weight excluding hydrogens is 290 g/mol. The van der Waals surface area contributed by atoms with E-state index in [1.54, 1.807) is 6.26 Å². The minimum absolute atomic E-state index is 0.257. The fourth-order valence-electron chi connectivity index (χ4n) is 2.53. The van der Waals surface area contributed by atoms with Gasteiger partial charge in [0.1, 0.15) is 0 Å². The van der Waals surface area contributed by atoms with Gasteiger partial charge in [-0.25, -0.2) is 0 Å². The van der Waals surface area contributed by atoms with Crippen LogP contribution < -0.4 is 5.32 Å². The van der Waals surface area contributed by atoms with E-state index in [2.05, 4.69) is 5.32 Å². The zero-order valence-electron chi connectivity index (χ0n) is 11.8. The first kappa shape index (κ1) is 15.7. The van der Waals surface area contributed by atoms with Crippen LogP contribution in [0.25, 0.3) is 0 Å². The van der Waals surface area contributed by atoms with E-state index in [1.165, 1.54) is 0 Å².